The fourth-order valence-electron chi connectivity index (χ4n) is 5.45. The van der Waals surface area contributed by atoms with Crippen molar-refractivity contribution in [3.63, 3.8) is 0 Å². The third-order valence-corrected chi connectivity index (χ3v) is 7.63. The molecular weight excluding hydrogens is 462 g/mol. The molecule has 0 aliphatic carbocycles. The lowest BCUT2D eigenvalue weighted by atomic mass is 9.92. The predicted molar refractivity (Wildman–Crippen MR) is 148 cm³/mol. The van der Waals surface area contributed by atoms with Crippen molar-refractivity contribution >= 4 is 28.7 Å². The Balaban J connectivity index is 1.24. The molecule has 1 amide bonds. The number of hydrogen-bond acceptors (Lipinski definition) is 6. The van der Waals surface area contributed by atoms with Gasteiger partial charge >= 0.3 is 0 Å². The van der Waals surface area contributed by atoms with Crippen LogP contribution in [0.4, 0.5) is 17.2 Å². The summed E-state index contributed by atoms with van der Waals surface area (Å²) in [6, 6.07) is 15.1. The van der Waals surface area contributed by atoms with E-state index in [1.165, 1.54) is 5.69 Å². The summed E-state index contributed by atoms with van der Waals surface area (Å²) in [5.41, 5.74) is 6.21. The molecule has 0 saturated carbocycles. The van der Waals surface area contributed by atoms with Gasteiger partial charge in [0.25, 0.3) is 5.91 Å². The van der Waals surface area contributed by atoms with Crippen LogP contribution in [0.5, 0.6) is 0 Å². The number of benzene rings is 2. The van der Waals surface area contributed by atoms with E-state index in [9.17, 15) is 4.79 Å². The molecule has 2 aliphatic heterocycles. The lowest BCUT2D eigenvalue weighted by Crippen LogP contribution is -2.48. The van der Waals surface area contributed by atoms with Gasteiger partial charge in [0, 0.05) is 67.1 Å². The molecule has 0 bridgehead atoms. The molecule has 4 heterocycles. The Labute approximate surface area is 217 Å². The van der Waals surface area contributed by atoms with Crippen molar-refractivity contribution in [2.24, 2.45) is 0 Å². The third kappa shape index (κ3) is 4.21. The highest BCUT2D eigenvalue weighted by molar-refractivity contribution is 6.00. The van der Waals surface area contributed by atoms with Gasteiger partial charge < -0.3 is 15.5 Å². The van der Waals surface area contributed by atoms with Crippen LogP contribution in [-0.4, -0.2) is 57.4 Å². The maximum absolute atomic E-state index is 12.3. The first-order valence-electron chi connectivity index (χ1n) is 13.0. The van der Waals surface area contributed by atoms with Gasteiger partial charge in [-0.05, 0) is 69.7 Å². The second kappa shape index (κ2) is 8.88. The Kier molecular flexibility index (Phi) is 5.64. The van der Waals surface area contributed by atoms with Crippen molar-refractivity contribution in [1.29, 1.82) is 0 Å². The minimum atomic E-state index is -0.403. The largest absolute Gasteiger partial charge is 0.369 e. The summed E-state index contributed by atoms with van der Waals surface area (Å²) in [4.78, 5) is 26.6. The molecule has 190 valence electrons. The van der Waals surface area contributed by atoms with Crippen LogP contribution in [0.1, 0.15) is 43.6 Å². The SMILES string of the molecule is CC(C)N1CCN(c2ccc(Nc3ncc(-c4ccc5c(c4)C(C)(C)NC5=O)n4ccnc34)cc2)CC1. The summed E-state index contributed by atoms with van der Waals surface area (Å²) in [6.07, 6.45) is 5.59. The molecule has 2 aliphatic rings. The number of piperazine rings is 1. The maximum atomic E-state index is 12.3. The monoisotopic (exact) mass is 495 g/mol. The Morgan fingerprint density at radius 2 is 1.76 bits per heavy atom. The Morgan fingerprint density at radius 3 is 2.49 bits per heavy atom. The zero-order chi connectivity index (χ0) is 25.7. The molecule has 8 nitrogen and oxygen atoms in total. The highest BCUT2D eigenvalue weighted by Gasteiger charge is 2.35. The Hall–Kier alpha value is -3.91. The molecule has 4 aromatic rings. The van der Waals surface area contributed by atoms with Gasteiger partial charge in [-0.1, -0.05) is 6.07 Å². The van der Waals surface area contributed by atoms with Gasteiger partial charge in [0.05, 0.1) is 17.4 Å². The van der Waals surface area contributed by atoms with Crippen LogP contribution in [0.2, 0.25) is 0 Å². The average molecular weight is 496 g/mol. The Bertz CT molecular complexity index is 1460. The molecule has 0 spiro atoms. The second-order valence-corrected chi connectivity index (χ2v) is 10.7. The highest BCUT2D eigenvalue weighted by Crippen LogP contribution is 2.34. The molecule has 2 aromatic heterocycles. The van der Waals surface area contributed by atoms with Crippen molar-refractivity contribution in [1.82, 2.24) is 24.6 Å². The number of fused-ring (bicyclic) bond motifs is 2. The first-order chi connectivity index (χ1) is 17.8. The van der Waals surface area contributed by atoms with Gasteiger partial charge in [-0.25, -0.2) is 9.97 Å². The van der Waals surface area contributed by atoms with Crippen LogP contribution in [0.15, 0.2) is 61.1 Å². The number of carbonyl (C=O) groups excluding carboxylic acids is 1. The highest BCUT2D eigenvalue weighted by atomic mass is 16.2. The van der Waals surface area contributed by atoms with E-state index >= 15 is 0 Å². The molecule has 0 atom stereocenters. The third-order valence-electron chi connectivity index (χ3n) is 7.63. The fourth-order valence-corrected chi connectivity index (χ4v) is 5.45. The van der Waals surface area contributed by atoms with Crippen molar-refractivity contribution in [3.8, 4) is 11.3 Å². The number of nitrogens with zero attached hydrogens (tertiary/aromatic N) is 5. The molecule has 8 heteroatoms. The van der Waals surface area contributed by atoms with Gasteiger partial charge in [0.15, 0.2) is 11.5 Å². The van der Waals surface area contributed by atoms with Crippen LogP contribution in [0, 0.1) is 0 Å². The minimum Gasteiger partial charge on any atom is -0.369 e. The van der Waals surface area contributed by atoms with Gasteiger partial charge in [-0.15, -0.1) is 0 Å². The van der Waals surface area contributed by atoms with Crippen LogP contribution in [0.3, 0.4) is 0 Å². The Morgan fingerprint density at radius 1 is 1.00 bits per heavy atom. The quantitative estimate of drug-likeness (QED) is 0.420. The first-order valence-corrected chi connectivity index (χ1v) is 13.0. The number of nitrogens with one attached hydrogen (secondary N) is 2. The van der Waals surface area contributed by atoms with E-state index < -0.39 is 5.54 Å². The van der Waals surface area contributed by atoms with Crippen LogP contribution >= 0.6 is 0 Å². The van der Waals surface area contributed by atoms with Crippen molar-refractivity contribution < 1.29 is 4.79 Å². The van der Waals surface area contributed by atoms with E-state index in [1.54, 1.807) is 6.20 Å². The summed E-state index contributed by atoms with van der Waals surface area (Å²) in [5, 5.41) is 6.50. The summed E-state index contributed by atoms with van der Waals surface area (Å²) in [6.45, 7) is 12.9. The van der Waals surface area contributed by atoms with Crippen molar-refractivity contribution in [3.05, 3.63) is 72.2 Å². The maximum Gasteiger partial charge on any atom is 0.252 e. The number of imidazole rings is 1. The molecule has 1 saturated heterocycles. The van der Waals surface area contributed by atoms with E-state index in [0.29, 0.717) is 11.9 Å². The molecule has 0 unspecified atom stereocenters. The molecule has 2 aromatic carbocycles. The van der Waals surface area contributed by atoms with Crippen molar-refractivity contribution in [2.75, 3.05) is 36.4 Å². The number of amides is 1. The summed E-state index contributed by atoms with van der Waals surface area (Å²) >= 11 is 0. The topological polar surface area (TPSA) is 77.8 Å². The standard InChI is InChI=1S/C29H33N7O/c1-19(2)34-13-15-35(16-14-34)22-8-6-21(7-9-22)32-26-27-30-11-12-36(27)25(18-31-26)20-5-10-23-24(17-20)29(3,4)33-28(23)37/h5-12,17-19H,13-16H2,1-4H3,(H,31,32)(H,33,37). The van der Waals surface area contributed by atoms with Crippen LogP contribution in [-0.2, 0) is 5.54 Å². The van der Waals surface area contributed by atoms with Crippen molar-refractivity contribution in [2.45, 2.75) is 39.3 Å². The number of aromatic nitrogens is 3. The predicted octanol–water partition coefficient (Wildman–Crippen LogP) is 4.65. The zero-order valence-corrected chi connectivity index (χ0v) is 21.8. The molecular formula is C29H33N7O. The molecule has 6 rings (SSSR count). The lowest BCUT2D eigenvalue weighted by molar-refractivity contribution is 0.0940. The average Bonchev–Trinajstić information content (AvgIpc) is 3.47. The van der Waals surface area contributed by atoms with E-state index in [-0.39, 0.29) is 5.91 Å². The van der Waals surface area contributed by atoms with Gasteiger partial charge in [0.1, 0.15) is 0 Å². The summed E-state index contributed by atoms with van der Waals surface area (Å²) < 4.78 is 2.04. The van der Waals surface area contributed by atoms with E-state index in [2.05, 4.69) is 69.6 Å². The van der Waals surface area contributed by atoms with E-state index in [0.717, 1.165) is 59.9 Å². The number of anilines is 3. The van der Waals surface area contributed by atoms with Gasteiger partial charge in [-0.2, -0.15) is 0 Å². The molecule has 2 N–H and O–H groups in total. The van der Waals surface area contributed by atoms with Gasteiger partial charge in [-0.3, -0.25) is 14.1 Å². The van der Waals surface area contributed by atoms with E-state index in [4.69, 9.17) is 4.98 Å². The van der Waals surface area contributed by atoms with Crippen LogP contribution in [0.25, 0.3) is 16.9 Å². The lowest BCUT2D eigenvalue weighted by Gasteiger charge is -2.38. The molecule has 0 radical (unpaired) electrons. The zero-order valence-electron chi connectivity index (χ0n) is 21.8. The van der Waals surface area contributed by atoms with E-state index in [1.807, 2.05) is 42.8 Å². The summed E-state index contributed by atoms with van der Waals surface area (Å²) in [7, 11) is 0. The van der Waals surface area contributed by atoms with Crippen LogP contribution < -0.4 is 15.5 Å². The smallest absolute Gasteiger partial charge is 0.252 e. The van der Waals surface area contributed by atoms with Gasteiger partial charge in [0.2, 0.25) is 0 Å². The number of rotatable bonds is 5. The summed E-state index contributed by atoms with van der Waals surface area (Å²) in [5.74, 6) is 0.672. The normalized spacial score (nSPS) is 17.3. The molecule has 37 heavy (non-hydrogen) atoms. The second-order valence-electron chi connectivity index (χ2n) is 10.7. The first kappa shape index (κ1) is 23.5. The fraction of sp³-hybridized carbons (Fsp3) is 0.345. The molecule has 1 fully saturated rings. The number of hydrogen-bond donors (Lipinski definition) is 2. The number of carbonyl (C=O) groups is 1. The minimum absolute atomic E-state index is 0.0270.